The molecule has 4 nitrogen and oxygen atoms in total. The van der Waals surface area contributed by atoms with Gasteiger partial charge in [-0.05, 0) is 30.7 Å². The number of hydrogen-bond donors (Lipinski definition) is 1. The maximum atomic E-state index is 11.9. The van der Waals surface area contributed by atoms with Crippen LogP contribution in [0.4, 0.5) is 0 Å². The van der Waals surface area contributed by atoms with Crippen LogP contribution in [-0.2, 0) is 0 Å². The third kappa shape index (κ3) is 2.46. The summed E-state index contributed by atoms with van der Waals surface area (Å²) in [7, 11) is 0. The maximum Gasteiger partial charge on any atom is 0.252 e. The number of fused-ring (bicyclic) bond motifs is 1. The van der Waals surface area contributed by atoms with E-state index in [9.17, 15) is 4.79 Å². The van der Waals surface area contributed by atoms with Gasteiger partial charge in [0.15, 0.2) is 0 Å². The Balaban J connectivity index is 2.26. The molecular weight excluding hydrogens is 226 g/mol. The fourth-order valence-corrected chi connectivity index (χ4v) is 1.68. The number of pyridine rings is 1. The Morgan fingerprint density at radius 3 is 3.06 bits per heavy atom. The van der Waals surface area contributed by atoms with Crippen LogP contribution in [-0.4, -0.2) is 16.9 Å². The molecule has 2 rings (SSSR count). The monoisotopic (exact) mass is 239 g/mol. The predicted molar refractivity (Wildman–Crippen MR) is 68.9 cm³/mol. The van der Waals surface area contributed by atoms with Gasteiger partial charge in [0, 0.05) is 17.1 Å². The van der Waals surface area contributed by atoms with Crippen LogP contribution in [0.25, 0.3) is 10.9 Å². The van der Waals surface area contributed by atoms with Gasteiger partial charge in [-0.15, -0.1) is 0 Å². The molecule has 1 N–H and O–H groups in total. The van der Waals surface area contributed by atoms with E-state index in [0.29, 0.717) is 12.0 Å². The van der Waals surface area contributed by atoms with Crippen LogP contribution in [0, 0.1) is 11.3 Å². The first-order chi connectivity index (χ1) is 8.74. The molecule has 2 aromatic rings. The fourth-order valence-electron chi connectivity index (χ4n) is 1.68. The van der Waals surface area contributed by atoms with E-state index in [1.54, 1.807) is 24.4 Å². The molecule has 0 saturated heterocycles. The Kier molecular flexibility index (Phi) is 3.54. The van der Waals surface area contributed by atoms with Crippen molar-refractivity contribution in [3.63, 3.8) is 0 Å². The van der Waals surface area contributed by atoms with Crippen molar-refractivity contribution in [1.82, 2.24) is 10.3 Å². The highest BCUT2D eigenvalue weighted by Gasteiger charge is 2.11. The number of carbonyl (C=O) groups is 1. The van der Waals surface area contributed by atoms with E-state index in [4.69, 9.17) is 5.26 Å². The van der Waals surface area contributed by atoms with Gasteiger partial charge in [-0.3, -0.25) is 9.78 Å². The second-order valence-electron chi connectivity index (χ2n) is 3.97. The summed E-state index contributed by atoms with van der Waals surface area (Å²) in [6.45, 7) is 1.86. The molecule has 0 fully saturated rings. The van der Waals surface area contributed by atoms with Crippen LogP contribution >= 0.6 is 0 Å². The standard InChI is InChI=1S/C14H13N3O/c1-2-12(9-15)17-14(18)11-5-6-13-10(8-11)4-3-7-16-13/h3-8,12H,2H2,1H3,(H,17,18). The maximum absolute atomic E-state index is 11.9. The zero-order valence-electron chi connectivity index (χ0n) is 10.1. The molecule has 1 atom stereocenters. The number of hydrogen-bond acceptors (Lipinski definition) is 3. The van der Waals surface area contributed by atoms with Gasteiger partial charge in [0.2, 0.25) is 0 Å². The number of carbonyl (C=O) groups excluding carboxylic acids is 1. The summed E-state index contributed by atoms with van der Waals surface area (Å²) in [5, 5.41) is 12.4. The molecule has 0 spiro atoms. The summed E-state index contributed by atoms with van der Waals surface area (Å²) in [6.07, 6.45) is 2.31. The zero-order valence-corrected chi connectivity index (χ0v) is 10.1. The van der Waals surface area contributed by atoms with Gasteiger partial charge in [0.25, 0.3) is 5.91 Å². The van der Waals surface area contributed by atoms with E-state index in [1.807, 2.05) is 25.1 Å². The minimum Gasteiger partial charge on any atom is -0.336 e. The lowest BCUT2D eigenvalue weighted by atomic mass is 10.1. The molecule has 18 heavy (non-hydrogen) atoms. The number of nitrogens with zero attached hydrogens (tertiary/aromatic N) is 2. The number of amides is 1. The molecule has 0 aliphatic carbocycles. The van der Waals surface area contributed by atoms with E-state index in [2.05, 4.69) is 10.3 Å². The van der Waals surface area contributed by atoms with Crippen molar-refractivity contribution >= 4 is 16.8 Å². The normalized spacial score (nSPS) is 11.8. The summed E-state index contributed by atoms with van der Waals surface area (Å²) in [4.78, 5) is 16.1. The molecule has 1 aromatic carbocycles. The predicted octanol–water partition coefficient (Wildman–Crippen LogP) is 2.27. The average molecular weight is 239 g/mol. The largest absolute Gasteiger partial charge is 0.336 e. The lowest BCUT2D eigenvalue weighted by molar-refractivity contribution is 0.0945. The second kappa shape index (κ2) is 5.28. The van der Waals surface area contributed by atoms with Crippen molar-refractivity contribution in [2.24, 2.45) is 0 Å². The van der Waals surface area contributed by atoms with E-state index in [0.717, 1.165) is 10.9 Å². The summed E-state index contributed by atoms with van der Waals surface area (Å²) in [6, 6.07) is 10.6. The average Bonchev–Trinajstić information content (AvgIpc) is 2.44. The molecule has 4 heteroatoms. The molecule has 0 aliphatic rings. The van der Waals surface area contributed by atoms with E-state index in [-0.39, 0.29) is 5.91 Å². The van der Waals surface area contributed by atoms with Crippen molar-refractivity contribution in [3.8, 4) is 6.07 Å². The molecule has 0 saturated carbocycles. The first-order valence-electron chi connectivity index (χ1n) is 5.80. The molecule has 0 bridgehead atoms. The molecule has 1 aromatic heterocycles. The molecule has 1 heterocycles. The smallest absolute Gasteiger partial charge is 0.252 e. The topological polar surface area (TPSA) is 65.8 Å². The van der Waals surface area contributed by atoms with E-state index >= 15 is 0 Å². The Bertz CT molecular complexity index is 616. The first kappa shape index (κ1) is 12.1. The number of nitrogens with one attached hydrogen (secondary N) is 1. The molecule has 1 unspecified atom stereocenters. The van der Waals surface area contributed by atoms with Gasteiger partial charge in [-0.2, -0.15) is 5.26 Å². The molecule has 90 valence electrons. The van der Waals surface area contributed by atoms with Gasteiger partial charge in [0.1, 0.15) is 6.04 Å². The SMILES string of the molecule is CCC(C#N)NC(=O)c1ccc2ncccc2c1. The molecule has 0 radical (unpaired) electrons. The van der Waals surface area contributed by atoms with Crippen molar-refractivity contribution in [2.75, 3.05) is 0 Å². The van der Waals surface area contributed by atoms with Gasteiger partial charge in [0.05, 0.1) is 11.6 Å². The van der Waals surface area contributed by atoms with Crippen LogP contribution in [0.15, 0.2) is 36.5 Å². The van der Waals surface area contributed by atoms with Gasteiger partial charge >= 0.3 is 0 Å². The van der Waals surface area contributed by atoms with Crippen molar-refractivity contribution in [3.05, 3.63) is 42.1 Å². The first-order valence-corrected chi connectivity index (χ1v) is 5.80. The van der Waals surface area contributed by atoms with Crippen LogP contribution in [0.5, 0.6) is 0 Å². The molecule has 0 aliphatic heterocycles. The third-order valence-electron chi connectivity index (χ3n) is 2.73. The minimum atomic E-state index is -0.443. The Labute approximate surface area is 105 Å². The van der Waals surface area contributed by atoms with Crippen LogP contribution in [0.1, 0.15) is 23.7 Å². The van der Waals surface area contributed by atoms with Crippen molar-refractivity contribution in [2.45, 2.75) is 19.4 Å². The van der Waals surface area contributed by atoms with Crippen molar-refractivity contribution in [1.29, 1.82) is 5.26 Å². The lowest BCUT2D eigenvalue weighted by Crippen LogP contribution is -2.33. The van der Waals surface area contributed by atoms with Gasteiger partial charge in [-0.1, -0.05) is 13.0 Å². The Morgan fingerprint density at radius 1 is 1.50 bits per heavy atom. The zero-order chi connectivity index (χ0) is 13.0. The van der Waals surface area contributed by atoms with Gasteiger partial charge in [-0.25, -0.2) is 0 Å². The number of benzene rings is 1. The van der Waals surface area contributed by atoms with Crippen molar-refractivity contribution < 1.29 is 4.79 Å². The molecular formula is C14H13N3O. The number of nitriles is 1. The number of aromatic nitrogens is 1. The Morgan fingerprint density at radius 2 is 2.33 bits per heavy atom. The van der Waals surface area contributed by atoms with Crippen LogP contribution < -0.4 is 5.32 Å². The van der Waals surface area contributed by atoms with E-state index in [1.165, 1.54) is 0 Å². The highest BCUT2D eigenvalue weighted by atomic mass is 16.1. The Hall–Kier alpha value is -2.41. The lowest BCUT2D eigenvalue weighted by Gasteiger charge is -2.09. The highest BCUT2D eigenvalue weighted by Crippen LogP contribution is 2.13. The summed E-state index contributed by atoms with van der Waals surface area (Å²) < 4.78 is 0. The van der Waals surface area contributed by atoms with E-state index < -0.39 is 6.04 Å². The summed E-state index contributed by atoms with van der Waals surface area (Å²) in [5.41, 5.74) is 1.39. The third-order valence-corrected chi connectivity index (χ3v) is 2.73. The summed E-state index contributed by atoms with van der Waals surface area (Å²) >= 11 is 0. The van der Waals surface area contributed by atoms with Gasteiger partial charge < -0.3 is 5.32 Å². The fraction of sp³-hybridized carbons (Fsp3) is 0.214. The highest BCUT2D eigenvalue weighted by molar-refractivity contribution is 5.98. The number of rotatable bonds is 3. The quantitative estimate of drug-likeness (QED) is 0.893. The molecule has 1 amide bonds. The van der Waals surface area contributed by atoms with Crippen LogP contribution in [0.3, 0.4) is 0 Å². The summed E-state index contributed by atoms with van der Waals surface area (Å²) in [5.74, 6) is -0.228. The second-order valence-corrected chi connectivity index (χ2v) is 3.97. The minimum absolute atomic E-state index is 0.228. The van der Waals surface area contributed by atoms with Crippen LogP contribution in [0.2, 0.25) is 0 Å².